The molecule has 2 N–H and O–H groups in total. The van der Waals surface area contributed by atoms with Crippen molar-refractivity contribution in [2.45, 2.75) is 13.1 Å². The maximum atomic E-state index is 13.8. The summed E-state index contributed by atoms with van der Waals surface area (Å²) in [4.78, 5) is 23.1. The summed E-state index contributed by atoms with van der Waals surface area (Å²) in [5.41, 5.74) is 0.748. The van der Waals surface area contributed by atoms with Gasteiger partial charge in [-0.05, 0) is 18.2 Å². The van der Waals surface area contributed by atoms with Crippen molar-refractivity contribution in [3.8, 4) is 0 Å². The number of carboxylic acids is 1. The number of hydrogen-bond donors (Lipinski definition) is 2. The Balaban J connectivity index is 1.72. The Labute approximate surface area is 151 Å². The van der Waals surface area contributed by atoms with Crippen LogP contribution in [0.1, 0.15) is 16.1 Å². The van der Waals surface area contributed by atoms with Crippen molar-refractivity contribution >= 4 is 29.2 Å². The lowest BCUT2D eigenvalue weighted by atomic mass is 10.2. The van der Waals surface area contributed by atoms with E-state index >= 15 is 0 Å². The van der Waals surface area contributed by atoms with E-state index in [-0.39, 0.29) is 22.8 Å². The maximum Gasteiger partial charge on any atom is 0.325 e. The van der Waals surface area contributed by atoms with E-state index in [1.54, 1.807) is 6.07 Å². The molecule has 2 heterocycles. The summed E-state index contributed by atoms with van der Waals surface area (Å²) < 4.78 is 16.3. The molecule has 3 aromatic rings. The number of benzene rings is 1. The van der Waals surface area contributed by atoms with Gasteiger partial charge in [0.05, 0.1) is 18.4 Å². The van der Waals surface area contributed by atoms with Crippen LogP contribution in [0.15, 0.2) is 42.9 Å². The smallest absolute Gasteiger partial charge is 0.325 e. The molecule has 2 aromatic heterocycles. The summed E-state index contributed by atoms with van der Waals surface area (Å²) in [5, 5.41) is 19.6. The number of nitrogens with zero attached hydrogens (tertiary/aromatic N) is 4. The lowest BCUT2D eigenvalue weighted by molar-refractivity contribution is -0.137. The number of amides is 1. The Kier molecular flexibility index (Phi) is 4.99. The van der Waals surface area contributed by atoms with Crippen LogP contribution in [0.25, 0.3) is 0 Å². The largest absolute Gasteiger partial charge is 0.480 e. The summed E-state index contributed by atoms with van der Waals surface area (Å²) in [5.74, 6) is -2.10. The third-order valence-electron chi connectivity index (χ3n) is 3.51. The van der Waals surface area contributed by atoms with Gasteiger partial charge in [0.1, 0.15) is 18.1 Å². The molecule has 0 atom stereocenters. The zero-order chi connectivity index (χ0) is 18.7. The molecule has 134 valence electrons. The first kappa shape index (κ1) is 17.6. The Morgan fingerprint density at radius 1 is 1.27 bits per heavy atom. The van der Waals surface area contributed by atoms with Gasteiger partial charge in [-0.1, -0.05) is 17.7 Å². The first-order valence-corrected chi connectivity index (χ1v) is 7.82. The molecule has 3 rings (SSSR count). The van der Waals surface area contributed by atoms with Gasteiger partial charge in [0.25, 0.3) is 5.91 Å². The van der Waals surface area contributed by atoms with Gasteiger partial charge in [0.2, 0.25) is 0 Å². The SMILES string of the molecule is O=C(O)Cn1nccc1C(=O)Nc1cnn(Cc2c(F)cccc2Cl)c1. The molecule has 0 spiro atoms. The third-order valence-corrected chi connectivity index (χ3v) is 3.86. The molecule has 26 heavy (non-hydrogen) atoms. The van der Waals surface area contributed by atoms with Crippen LogP contribution in [0, 0.1) is 5.82 Å². The number of anilines is 1. The Morgan fingerprint density at radius 2 is 2.08 bits per heavy atom. The summed E-state index contributed by atoms with van der Waals surface area (Å²) in [6.07, 6.45) is 4.24. The lowest BCUT2D eigenvalue weighted by Gasteiger charge is -2.06. The molecule has 0 aliphatic heterocycles. The molecule has 0 aliphatic rings. The van der Waals surface area contributed by atoms with Crippen molar-refractivity contribution < 1.29 is 19.1 Å². The number of aliphatic carboxylic acids is 1. The topological polar surface area (TPSA) is 102 Å². The fourth-order valence-corrected chi connectivity index (χ4v) is 2.56. The number of hydrogen-bond acceptors (Lipinski definition) is 4. The summed E-state index contributed by atoms with van der Waals surface area (Å²) in [7, 11) is 0. The van der Waals surface area contributed by atoms with E-state index in [9.17, 15) is 14.0 Å². The van der Waals surface area contributed by atoms with Gasteiger partial charge in [0, 0.05) is 23.0 Å². The van der Waals surface area contributed by atoms with E-state index in [1.807, 2.05) is 0 Å². The summed E-state index contributed by atoms with van der Waals surface area (Å²) in [6, 6.07) is 5.80. The first-order valence-electron chi connectivity index (χ1n) is 7.44. The molecule has 0 radical (unpaired) electrons. The van der Waals surface area contributed by atoms with Crippen LogP contribution in [0.5, 0.6) is 0 Å². The summed E-state index contributed by atoms with van der Waals surface area (Å²) >= 11 is 5.99. The van der Waals surface area contributed by atoms with E-state index < -0.39 is 24.2 Å². The zero-order valence-electron chi connectivity index (χ0n) is 13.3. The first-order chi connectivity index (χ1) is 12.4. The van der Waals surface area contributed by atoms with Crippen molar-refractivity contribution in [2.24, 2.45) is 0 Å². The van der Waals surface area contributed by atoms with Crippen molar-refractivity contribution in [2.75, 3.05) is 5.32 Å². The zero-order valence-corrected chi connectivity index (χ0v) is 14.0. The number of carboxylic acid groups (broad SMARTS) is 1. The number of aromatic nitrogens is 4. The predicted octanol–water partition coefficient (Wildman–Crippen LogP) is 2.26. The highest BCUT2D eigenvalue weighted by atomic mass is 35.5. The van der Waals surface area contributed by atoms with Crippen LogP contribution in [-0.4, -0.2) is 36.5 Å². The second kappa shape index (κ2) is 7.36. The summed E-state index contributed by atoms with van der Waals surface area (Å²) in [6.45, 7) is -0.334. The van der Waals surface area contributed by atoms with E-state index in [4.69, 9.17) is 16.7 Å². The molecular weight excluding hydrogens is 365 g/mol. The molecule has 0 fully saturated rings. The average Bonchev–Trinajstić information content (AvgIpc) is 3.20. The number of carbonyl (C=O) groups is 2. The third kappa shape index (κ3) is 3.89. The molecule has 0 saturated carbocycles. The van der Waals surface area contributed by atoms with Crippen LogP contribution in [0.3, 0.4) is 0 Å². The minimum atomic E-state index is -1.11. The van der Waals surface area contributed by atoms with E-state index in [2.05, 4.69) is 15.5 Å². The molecular formula is C16H13ClFN5O3. The molecule has 0 bridgehead atoms. The standard InChI is InChI=1S/C16H13ClFN5O3/c17-12-2-1-3-13(18)11(12)8-22-7-10(6-20-22)21-16(26)14-4-5-19-23(14)9-15(24)25/h1-7H,8-9H2,(H,21,26)(H,24,25). The number of rotatable bonds is 6. The van der Waals surface area contributed by atoms with Crippen molar-refractivity contribution in [3.63, 3.8) is 0 Å². The monoisotopic (exact) mass is 377 g/mol. The van der Waals surface area contributed by atoms with Crippen LogP contribution < -0.4 is 5.32 Å². The fourth-order valence-electron chi connectivity index (χ4n) is 2.33. The Hall–Kier alpha value is -3.20. The fraction of sp³-hybridized carbons (Fsp3) is 0.125. The second-order valence-corrected chi connectivity index (χ2v) is 5.76. The van der Waals surface area contributed by atoms with E-state index in [1.165, 1.54) is 41.5 Å². The van der Waals surface area contributed by atoms with Crippen LogP contribution in [-0.2, 0) is 17.9 Å². The Bertz CT molecular complexity index is 948. The molecule has 10 heteroatoms. The highest BCUT2D eigenvalue weighted by Gasteiger charge is 2.15. The second-order valence-electron chi connectivity index (χ2n) is 5.35. The van der Waals surface area contributed by atoms with Gasteiger partial charge in [-0.2, -0.15) is 10.2 Å². The van der Waals surface area contributed by atoms with E-state index in [0.29, 0.717) is 5.69 Å². The average molecular weight is 378 g/mol. The minimum absolute atomic E-state index is 0.0947. The normalized spacial score (nSPS) is 10.7. The molecule has 8 nitrogen and oxygen atoms in total. The van der Waals surface area contributed by atoms with Crippen LogP contribution in [0.2, 0.25) is 5.02 Å². The van der Waals surface area contributed by atoms with Gasteiger partial charge in [-0.15, -0.1) is 0 Å². The number of halogens is 2. The molecule has 1 aromatic carbocycles. The van der Waals surface area contributed by atoms with Crippen LogP contribution in [0.4, 0.5) is 10.1 Å². The number of carbonyl (C=O) groups excluding carboxylic acids is 1. The van der Waals surface area contributed by atoms with E-state index in [0.717, 1.165) is 4.68 Å². The van der Waals surface area contributed by atoms with Gasteiger partial charge >= 0.3 is 5.97 Å². The van der Waals surface area contributed by atoms with Gasteiger partial charge in [-0.3, -0.25) is 14.3 Å². The Morgan fingerprint density at radius 3 is 2.81 bits per heavy atom. The molecule has 0 aliphatic carbocycles. The van der Waals surface area contributed by atoms with Gasteiger partial charge < -0.3 is 10.4 Å². The quantitative estimate of drug-likeness (QED) is 0.686. The van der Waals surface area contributed by atoms with Crippen molar-refractivity contribution in [1.29, 1.82) is 0 Å². The molecule has 0 saturated heterocycles. The highest BCUT2D eigenvalue weighted by Crippen LogP contribution is 2.20. The number of nitrogens with one attached hydrogen (secondary N) is 1. The van der Waals surface area contributed by atoms with Crippen molar-refractivity contribution in [3.05, 3.63) is 65.0 Å². The van der Waals surface area contributed by atoms with Gasteiger partial charge in [-0.25, -0.2) is 9.07 Å². The predicted molar refractivity (Wildman–Crippen MR) is 90.6 cm³/mol. The van der Waals surface area contributed by atoms with Crippen LogP contribution >= 0.6 is 11.6 Å². The molecule has 0 unspecified atom stereocenters. The lowest BCUT2D eigenvalue weighted by Crippen LogP contribution is -2.20. The minimum Gasteiger partial charge on any atom is -0.480 e. The maximum absolute atomic E-state index is 13.8. The van der Waals surface area contributed by atoms with Gasteiger partial charge in [0.15, 0.2) is 0 Å². The van der Waals surface area contributed by atoms with Crippen molar-refractivity contribution in [1.82, 2.24) is 19.6 Å². The molecule has 1 amide bonds. The highest BCUT2D eigenvalue weighted by molar-refractivity contribution is 6.31.